The lowest BCUT2D eigenvalue weighted by atomic mass is 9.88. The number of aryl methyl sites for hydroxylation is 1. The van der Waals surface area contributed by atoms with Crippen LogP contribution in [0.4, 0.5) is 24.7 Å². The van der Waals surface area contributed by atoms with Gasteiger partial charge < -0.3 is 16.0 Å². The van der Waals surface area contributed by atoms with Crippen molar-refractivity contribution < 1.29 is 18.0 Å². The summed E-state index contributed by atoms with van der Waals surface area (Å²) in [5.74, 6) is 0.281. The van der Waals surface area contributed by atoms with Gasteiger partial charge in [-0.15, -0.1) is 0 Å². The van der Waals surface area contributed by atoms with Crippen molar-refractivity contribution in [1.82, 2.24) is 24.4 Å². The summed E-state index contributed by atoms with van der Waals surface area (Å²) in [6.07, 6.45) is -1.69. The first kappa shape index (κ1) is 23.4. The summed E-state index contributed by atoms with van der Waals surface area (Å²) in [6.45, 7) is 6.64. The zero-order valence-corrected chi connectivity index (χ0v) is 20.0. The van der Waals surface area contributed by atoms with E-state index in [0.29, 0.717) is 53.5 Å². The molecule has 1 aromatic carbocycles. The summed E-state index contributed by atoms with van der Waals surface area (Å²) in [7, 11) is 2.08. The Morgan fingerprint density at radius 1 is 1.11 bits per heavy atom. The highest BCUT2D eigenvalue weighted by Crippen LogP contribution is 2.36. The van der Waals surface area contributed by atoms with Crippen LogP contribution < -0.4 is 11.1 Å². The molecule has 3 aliphatic heterocycles. The van der Waals surface area contributed by atoms with Crippen molar-refractivity contribution in [3.63, 3.8) is 0 Å². The van der Waals surface area contributed by atoms with Crippen molar-refractivity contribution >= 4 is 22.9 Å². The largest absolute Gasteiger partial charge is 0.416 e. The van der Waals surface area contributed by atoms with Gasteiger partial charge in [-0.25, -0.2) is 9.50 Å². The number of halogens is 3. The maximum Gasteiger partial charge on any atom is 0.416 e. The molecule has 0 aliphatic carbocycles. The Balaban J connectivity index is 1.46. The predicted molar refractivity (Wildman–Crippen MR) is 126 cm³/mol. The number of anilines is 2. The molecule has 2 aromatic heterocycles. The Kier molecular flexibility index (Phi) is 5.24. The summed E-state index contributed by atoms with van der Waals surface area (Å²) in [6, 6.07) is 5.96. The van der Waals surface area contributed by atoms with Crippen LogP contribution in [0.5, 0.6) is 0 Å². The summed E-state index contributed by atoms with van der Waals surface area (Å²) < 4.78 is 41.7. The number of fused-ring (bicyclic) bond motifs is 3. The summed E-state index contributed by atoms with van der Waals surface area (Å²) in [4.78, 5) is 21.9. The normalized spacial score (nSPS) is 20.7. The fourth-order valence-corrected chi connectivity index (χ4v) is 4.97. The molecule has 3 saturated heterocycles. The molecule has 2 atom stereocenters. The molecule has 6 rings (SSSR count). The quantitative estimate of drug-likeness (QED) is 0.548. The number of benzene rings is 1. The molecular weight excluding hydrogens is 459 g/mol. The Morgan fingerprint density at radius 2 is 1.77 bits per heavy atom. The van der Waals surface area contributed by atoms with E-state index in [9.17, 15) is 18.0 Å². The minimum absolute atomic E-state index is 0.0227. The third kappa shape index (κ3) is 4.18. The molecule has 2 bridgehead atoms. The number of piperazine rings is 1. The number of nitrogens with zero attached hydrogens (tertiary/aromatic N) is 5. The highest BCUT2D eigenvalue weighted by molar-refractivity contribution is 5.94. The molecule has 0 radical (unpaired) electrons. The van der Waals surface area contributed by atoms with Gasteiger partial charge in [0.1, 0.15) is 5.52 Å². The highest BCUT2D eigenvalue weighted by Gasteiger charge is 2.44. The fraction of sp³-hybridized carbons (Fsp3) is 0.458. The van der Waals surface area contributed by atoms with Crippen LogP contribution >= 0.6 is 0 Å². The number of nitrogen functional groups attached to an aromatic ring is 1. The molecule has 35 heavy (non-hydrogen) atoms. The fourth-order valence-electron chi connectivity index (χ4n) is 4.97. The SMILES string of the molecule is Cc1cn2nc(C(=O)N3CC4CC(C3)N4C)cc2c(NC(C)(C)c2cc(N)cc(C(F)(F)F)c2)n1. The van der Waals surface area contributed by atoms with Crippen molar-refractivity contribution in [2.75, 3.05) is 31.2 Å². The zero-order valence-electron chi connectivity index (χ0n) is 20.0. The number of amides is 1. The number of hydrogen-bond donors (Lipinski definition) is 2. The molecule has 3 aromatic rings. The van der Waals surface area contributed by atoms with Crippen molar-refractivity contribution in [1.29, 1.82) is 0 Å². The lowest BCUT2D eigenvalue weighted by Gasteiger charge is -2.54. The first-order valence-electron chi connectivity index (χ1n) is 11.5. The molecule has 0 spiro atoms. The Labute approximate surface area is 200 Å². The van der Waals surface area contributed by atoms with E-state index in [4.69, 9.17) is 5.73 Å². The number of hydrogen-bond acceptors (Lipinski definition) is 6. The van der Waals surface area contributed by atoms with E-state index in [2.05, 4.69) is 27.3 Å². The molecule has 11 heteroatoms. The van der Waals surface area contributed by atoms with Crippen LogP contribution in [0.1, 0.15) is 47.6 Å². The first-order valence-corrected chi connectivity index (χ1v) is 11.5. The lowest BCUT2D eigenvalue weighted by molar-refractivity contribution is -0.137. The second kappa shape index (κ2) is 7.84. The van der Waals surface area contributed by atoms with E-state index in [0.717, 1.165) is 18.6 Å². The van der Waals surface area contributed by atoms with Gasteiger partial charge in [-0.05, 0) is 58.0 Å². The van der Waals surface area contributed by atoms with Gasteiger partial charge in [0.25, 0.3) is 5.91 Å². The van der Waals surface area contributed by atoms with Crippen LogP contribution in [0.3, 0.4) is 0 Å². The number of aromatic nitrogens is 3. The van der Waals surface area contributed by atoms with Crippen LogP contribution in [0.15, 0.2) is 30.5 Å². The smallest absolute Gasteiger partial charge is 0.399 e. The highest BCUT2D eigenvalue weighted by atomic mass is 19.4. The molecule has 3 aliphatic rings. The topological polar surface area (TPSA) is 91.8 Å². The number of nitrogens with two attached hydrogens (primary N) is 1. The van der Waals surface area contributed by atoms with Gasteiger partial charge in [-0.2, -0.15) is 18.3 Å². The van der Waals surface area contributed by atoms with Gasteiger partial charge in [-0.3, -0.25) is 9.69 Å². The van der Waals surface area contributed by atoms with Crippen molar-refractivity contribution in [2.45, 2.75) is 51.0 Å². The van der Waals surface area contributed by atoms with E-state index in [1.165, 1.54) is 6.07 Å². The third-order valence-electron chi connectivity index (χ3n) is 7.08. The van der Waals surface area contributed by atoms with Gasteiger partial charge in [0.05, 0.1) is 23.0 Å². The second-order valence-corrected chi connectivity index (χ2v) is 10.1. The minimum atomic E-state index is -4.51. The van der Waals surface area contributed by atoms with Crippen LogP contribution in [0.2, 0.25) is 0 Å². The molecule has 186 valence electrons. The second-order valence-electron chi connectivity index (χ2n) is 10.1. The number of carbonyl (C=O) groups excluding carboxylic acids is 1. The van der Waals surface area contributed by atoms with Gasteiger partial charge >= 0.3 is 6.18 Å². The van der Waals surface area contributed by atoms with Crippen LogP contribution in [-0.2, 0) is 11.7 Å². The van der Waals surface area contributed by atoms with Gasteiger partial charge in [-0.1, -0.05) is 0 Å². The van der Waals surface area contributed by atoms with Crippen LogP contribution in [-0.4, -0.2) is 62.5 Å². The van der Waals surface area contributed by atoms with E-state index in [1.54, 1.807) is 37.5 Å². The predicted octanol–water partition coefficient (Wildman–Crippen LogP) is 3.51. The number of likely N-dealkylation sites (N-methyl/N-ethyl adjacent to an activating group) is 1. The average molecular weight is 488 g/mol. The average Bonchev–Trinajstić information content (AvgIpc) is 3.21. The zero-order chi connectivity index (χ0) is 25.3. The van der Waals surface area contributed by atoms with Crippen LogP contribution in [0.25, 0.3) is 5.52 Å². The van der Waals surface area contributed by atoms with Gasteiger partial charge in [0, 0.05) is 36.9 Å². The molecule has 2 unspecified atom stereocenters. The van der Waals surface area contributed by atoms with Crippen molar-refractivity contribution in [3.05, 3.63) is 53.0 Å². The molecular formula is C24H28F3N7O. The summed E-state index contributed by atoms with van der Waals surface area (Å²) >= 11 is 0. The molecule has 8 nitrogen and oxygen atoms in total. The first-order chi connectivity index (χ1) is 16.3. The molecule has 3 fully saturated rings. The van der Waals surface area contributed by atoms with Crippen LogP contribution in [0, 0.1) is 6.92 Å². The number of carbonyl (C=O) groups is 1. The maximum absolute atomic E-state index is 13.4. The number of alkyl halides is 3. The van der Waals surface area contributed by atoms with Crippen molar-refractivity contribution in [3.8, 4) is 0 Å². The van der Waals surface area contributed by atoms with E-state index >= 15 is 0 Å². The Morgan fingerprint density at radius 3 is 2.40 bits per heavy atom. The van der Waals surface area contributed by atoms with Gasteiger partial charge in [0.15, 0.2) is 11.5 Å². The Bertz CT molecular complexity index is 1300. The van der Waals surface area contributed by atoms with E-state index in [-0.39, 0.29) is 11.6 Å². The molecule has 1 amide bonds. The Hall–Kier alpha value is -3.34. The third-order valence-corrected chi connectivity index (χ3v) is 7.08. The standard InChI is InChI=1S/C24H28F3N7O/c1-13-10-34-20(9-19(31-34)22(35)33-11-17-8-18(12-33)32(17)4)21(29-13)30-23(2,3)14-5-15(24(25,26)27)7-16(28)6-14/h5-7,9-10,17-18H,8,11-12,28H2,1-4H3,(H,29,30). The van der Waals surface area contributed by atoms with E-state index < -0.39 is 17.3 Å². The summed E-state index contributed by atoms with van der Waals surface area (Å²) in [5, 5.41) is 7.74. The van der Waals surface area contributed by atoms with E-state index in [1.807, 2.05) is 4.90 Å². The number of piperidine rings is 1. The molecule has 0 saturated carbocycles. The molecule has 3 N–H and O–H groups in total. The van der Waals surface area contributed by atoms with Gasteiger partial charge in [0.2, 0.25) is 0 Å². The van der Waals surface area contributed by atoms with Crippen molar-refractivity contribution in [2.24, 2.45) is 0 Å². The molecule has 5 heterocycles. The monoisotopic (exact) mass is 487 g/mol. The number of rotatable bonds is 4. The maximum atomic E-state index is 13.4. The lowest BCUT2D eigenvalue weighted by Crippen LogP contribution is -2.67. The number of nitrogens with one attached hydrogen (secondary N) is 1. The minimum Gasteiger partial charge on any atom is -0.399 e. The summed E-state index contributed by atoms with van der Waals surface area (Å²) in [5.41, 5.74) is 5.92.